The maximum atomic E-state index is 12.7. The van der Waals surface area contributed by atoms with Crippen LogP contribution in [0.25, 0.3) is 0 Å². The minimum atomic E-state index is -3.67. The zero-order chi connectivity index (χ0) is 25.6. The fraction of sp³-hybridized carbons (Fsp3) is 0.292. The number of nitrogens with zero attached hydrogens (tertiary/aromatic N) is 1. The first-order valence-electron chi connectivity index (χ1n) is 10.8. The van der Waals surface area contributed by atoms with Crippen molar-refractivity contribution in [1.29, 1.82) is 0 Å². The Hall–Kier alpha value is -3.70. The van der Waals surface area contributed by atoms with Crippen LogP contribution in [0.4, 0.5) is 5.69 Å². The molecule has 10 nitrogen and oxygen atoms in total. The van der Waals surface area contributed by atoms with Crippen LogP contribution in [-0.4, -0.2) is 42.2 Å². The van der Waals surface area contributed by atoms with Crippen LogP contribution in [0, 0.1) is 13.8 Å². The van der Waals surface area contributed by atoms with Crippen molar-refractivity contribution >= 4 is 27.6 Å². The highest BCUT2D eigenvalue weighted by Gasteiger charge is 2.24. The van der Waals surface area contributed by atoms with Crippen LogP contribution >= 0.6 is 0 Å². The summed E-state index contributed by atoms with van der Waals surface area (Å²) in [7, 11) is -3.67. The van der Waals surface area contributed by atoms with E-state index in [1.54, 1.807) is 36.4 Å². The molecule has 0 atom stereocenters. The van der Waals surface area contributed by atoms with Crippen LogP contribution in [0.15, 0.2) is 53.1 Å². The fourth-order valence-corrected chi connectivity index (χ4v) is 2.93. The second kappa shape index (κ2) is 11.2. The zero-order valence-corrected chi connectivity index (χ0v) is 20.4. The van der Waals surface area contributed by atoms with Gasteiger partial charge in [-0.1, -0.05) is 11.2 Å². The molecule has 1 aromatic heterocycles. The Labute approximate surface area is 203 Å². The van der Waals surface area contributed by atoms with E-state index in [1.807, 2.05) is 26.0 Å². The number of aryl methyl sites for hydroxylation is 2. The van der Waals surface area contributed by atoms with Gasteiger partial charge in [-0.25, -0.2) is 0 Å². The molecule has 0 unspecified atom stereocenters. The van der Waals surface area contributed by atoms with Crippen molar-refractivity contribution in [2.45, 2.75) is 39.3 Å². The van der Waals surface area contributed by atoms with Crippen LogP contribution in [0.5, 0.6) is 5.75 Å². The number of carbonyl (C=O) groups is 2. The minimum Gasteiger partial charge on any atom is -0.487 e. The molecule has 1 heterocycles. The maximum Gasteiger partial charge on any atom is 0.261 e. The van der Waals surface area contributed by atoms with Gasteiger partial charge in [0.15, 0.2) is 0 Å². The summed E-state index contributed by atoms with van der Waals surface area (Å²) in [6.07, 6.45) is 2.77. The van der Waals surface area contributed by atoms with Crippen LogP contribution in [0.2, 0.25) is 0 Å². The molecule has 4 rings (SSSR count). The molecule has 1 aliphatic carbocycles. The Kier molecular flexibility index (Phi) is 8.26. The monoisotopic (exact) mass is 501 g/mol. The molecule has 0 saturated heterocycles. The maximum absolute atomic E-state index is 12.7. The average molecular weight is 502 g/mol. The number of amides is 2. The highest BCUT2D eigenvalue weighted by molar-refractivity contribution is 7.85. The lowest BCUT2D eigenvalue weighted by Gasteiger charge is -2.11. The lowest BCUT2D eigenvalue weighted by molar-refractivity contribution is 0.0949. The van der Waals surface area contributed by atoms with Gasteiger partial charge in [-0.15, -0.1) is 0 Å². The molecule has 11 heteroatoms. The molecule has 35 heavy (non-hydrogen) atoms. The van der Waals surface area contributed by atoms with Gasteiger partial charge in [0, 0.05) is 28.9 Å². The van der Waals surface area contributed by atoms with Crippen LogP contribution in [0.3, 0.4) is 0 Å². The van der Waals surface area contributed by atoms with Crippen molar-refractivity contribution in [2.75, 3.05) is 11.6 Å². The lowest BCUT2D eigenvalue weighted by Crippen LogP contribution is -2.25. The average Bonchev–Trinajstić information content (AvgIpc) is 3.50. The molecule has 186 valence electrons. The topological polar surface area (TPSA) is 148 Å². The third-order valence-corrected chi connectivity index (χ3v) is 4.84. The Bertz CT molecular complexity index is 1290. The van der Waals surface area contributed by atoms with Gasteiger partial charge in [0.1, 0.15) is 23.8 Å². The first-order valence-corrected chi connectivity index (χ1v) is 12.6. The number of hydrogen-bond donors (Lipinski definition) is 3. The van der Waals surface area contributed by atoms with Gasteiger partial charge in [0.2, 0.25) is 0 Å². The van der Waals surface area contributed by atoms with Gasteiger partial charge in [0.25, 0.3) is 21.9 Å². The molecule has 0 aliphatic heterocycles. The summed E-state index contributed by atoms with van der Waals surface area (Å²) in [6, 6.07) is 14.3. The number of carbonyl (C=O) groups excluding carboxylic acids is 2. The summed E-state index contributed by atoms with van der Waals surface area (Å²) in [5.41, 5.74) is 3.23. The number of aromatic nitrogens is 1. The smallest absolute Gasteiger partial charge is 0.261 e. The van der Waals surface area contributed by atoms with E-state index in [0.29, 0.717) is 34.5 Å². The summed E-state index contributed by atoms with van der Waals surface area (Å²) in [4.78, 5) is 24.9. The number of rotatable bonds is 7. The van der Waals surface area contributed by atoms with Gasteiger partial charge >= 0.3 is 0 Å². The lowest BCUT2D eigenvalue weighted by atomic mass is 10.1. The van der Waals surface area contributed by atoms with E-state index in [2.05, 4.69) is 15.8 Å². The highest BCUT2D eigenvalue weighted by Crippen LogP contribution is 2.22. The molecule has 0 bridgehead atoms. The van der Waals surface area contributed by atoms with E-state index in [0.717, 1.165) is 24.2 Å². The van der Waals surface area contributed by atoms with Gasteiger partial charge in [-0.05, 0) is 68.7 Å². The molecule has 3 aromatic rings. The molecule has 1 aliphatic rings. The fourth-order valence-electron chi connectivity index (χ4n) is 2.93. The molecule has 3 N–H and O–H groups in total. The Morgan fingerprint density at radius 1 is 1.06 bits per heavy atom. The second-order valence-electron chi connectivity index (χ2n) is 8.21. The number of benzene rings is 2. The third-order valence-electron chi connectivity index (χ3n) is 4.84. The predicted octanol–water partition coefficient (Wildman–Crippen LogP) is 3.52. The molecule has 1 fully saturated rings. The number of nitrogens with one attached hydrogen (secondary N) is 2. The standard InChI is InChI=1S/C23H23N3O4.CH4O3S/c1-14-3-4-17(23(28)24-18-7-8-18)12-21(14)25-22(27)16-5-9-20(10-6-16)29-13-19-11-15(2)30-26-19;1-5(2,3)4/h3-6,9-12,18H,7-8,13H2,1-2H3,(H,24,28)(H,25,27);1H3,(H,2,3,4). The molecule has 2 aromatic carbocycles. The molecule has 0 spiro atoms. The summed E-state index contributed by atoms with van der Waals surface area (Å²) in [5, 5.41) is 9.72. The molecule has 1 saturated carbocycles. The Balaban J connectivity index is 0.000000623. The number of hydrogen-bond acceptors (Lipinski definition) is 7. The van der Waals surface area contributed by atoms with Crippen molar-refractivity contribution in [1.82, 2.24) is 10.5 Å². The van der Waals surface area contributed by atoms with Crippen molar-refractivity contribution < 1.29 is 31.8 Å². The summed E-state index contributed by atoms with van der Waals surface area (Å²) >= 11 is 0. The van der Waals surface area contributed by atoms with Crippen molar-refractivity contribution in [2.24, 2.45) is 0 Å². The quantitative estimate of drug-likeness (QED) is 0.417. The van der Waals surface area contributed by atoms with E-state index in [9.17, 15) is 18.0 Å². The van der Waals surface area contributed by atoms with E-state index >= 15 is 0 Å². The summed E-state index contributed by atoms with van der Waals surface area (Å²) < 4.78 is 36.5. The van der Waals surface area contributed by atoms with E-state index in [4.69, 9.17) is 13.8 Å². The number of anilines is 1. The largest absolute Gasteiger partial charge is 0.487 e. The van der Waals surface area contributed by atoms with Gasteiger partial charge in [-0.2, -0.15) is 8.42 Å². The predicted molar refractivity (Wildman–Crippen MR) is 129 cm³/mol. The first-order chi connectivity index (χ1) is 16.5. The van der Waals surface area contributed by atoms with Crippen LogP contribution in [0.1, 0.15) is 50.6 Å². The van der Waals surface area contributed by atoms with Crippen molar-refractivity contribution in [3.8, 4) is 5.75 Å². The first kappa shape index (κ1) is 25.9. The zero-order valence-electron chi connectivity index (χ0n) is 19.6. The molecular weight excluding hydrogens is 474 g/mol. The second-order valence-corrected chi connectivity index (χ2v) is 9.67. The summed E-state index contributed by atoms with van der Waals surface area (Å²) in [5.74, 6) is 0.987. The van der Waals surface area contributed by atoms with Crippen molar-refractivity contribution in [3.05, 3.63) is 76.7 Å². The highest BCUT2D eigenvalue weighted by atomic mass is 32.2. The molecular formula is C24H27N3O7S. The normalized spacial score (nSPS) is 12.8. The van der Waals surface area contributed by atoms with Crippen molar-refractivity contribution in [3.63, 3.8) is 0 Å². The van der Waals surface area contributed by atoms with Gasteiger partial charge in [0.05, 0.1) is 6.26 Å². The van der Waals surface area contributed by atoms with E-state index in [1.165, 1.54) is 0 Å². The van der Waals surface area contributed by atoms with Crippen LogP contribution < -0.4 is 15.4 Å². The van der Waals surface area contributed by atoms with E-state index in [-0.39, 0.29) is 24.5 Å². The Morgan fingerprint density at radius 3 is 2.26 bits per heavy atom. The number of ether oxygens (including phenoxy) is 1. The molecule has 2 amide bonds. The van der Waals surface area contributed by atoms with Crippen LogP contribution in [-0.2, 0) is 16.7 Å². The SMILES string of the molecule is CS(=O)(=O)O.Cc1cc(COc2ccc(C(=O)Nc3cc(C(=O)NC4CC4)ccc3C)cc2)no1. The summed E-state index contributed by atoms with van der Waals surface area (Å²) in [6.45, 7) is 4.00. The van der Waals surface area contributed by atoms with Gasteiger partial charge < -0.3 is 19.9 Å². The van der Waals surface area contributed by atoms with E-state index < -0.39 is 10.1 Å². The van der Waals surface area contributed by atoms with Gasteiger partial charge in [-0.3, -0.25) is 14.1 Å². The third kappa shape index (κ3) is 8.87. The minimum absolute atomic E-state index is 0.114. The Morgan fingerprint density at radius 2 is 1.69 bits per heavy atom. The molecule has 0 radical (unpaired) electrons.